The van der Waals surface area contributed by atoms with E-state index in [1.54, 1.807) is 18.2 Å². The number of hydrogen-bond donors (Lipinski definition) is 2. The van der Waals surface area contributed by atoms with E-state index in [2.05, 4.69) is 6.58 Å². The van der Waals surface area contributed by atoms with Gasteiger partial charge in [0.05, 0.1) is 0 Å². The summed E-state index contributed by atoms with van der Waals surface area (Å²) in [5.74, 6) is 0. The van der Waals surface area contributed by atoms with Crippen LogP contribution in [0.4, 0.5) is 0 Å². The van der Waals surface area contributed by atoms with Crippen LogP contribution in [0.5, 0.6) is 0 Å². The van der Waals surface area contributed by atoms with E-state index >= 15 is 0 Å². The third-order valence-electron chi connectivity index (χ3n) is 1.31. The number of allylic oxidation sites excluding steroid dienone is 4. The predicted molar refractivity (Wildman–Crippen MR) is 55.7 cm³/mol. The van der Waals surface area contributed by atoms with Crippen molar-refractivity contribution in [2.75, 3.05) is 6.26 Å². The molecule has 4 heteroatoms. The molecule has 0 aliphatic rings. The molecule has 0 aromatic heterocycles. The molecule has 0 aromatic rings. The van der Waals surface area contributed by atoms with E-state index in [9.17, 15) is 0 Å². The fraction of sp³-hybridized carbons (Fsp3) is 0.250. The van der Waals surface area contributed by atoms with Gasteiger partial charge in [0.15, 0.2) is 0 Å². The molecule has 0 aliphatic carbocycles. The van der Waals surface area contributed by atoms with Gasteiger partial charge in [-0.3, -0.25) is 0 Å². The zero-order chi connectivity index (χ0) is 9.56. The Bertz CT molecular complexity index is 209. The molecule has 0 aliphatic heterocycles. The zero-order valence-corrected chi connectivity index (χ0v) is 8.14. The summed E-state index contributed by atoms with van der Waals surface area (Å²) in [7, 11) is -1.43. The zero-order valence-electron chi connectivity index (χ0n) is 7.32. The largest absolute Gasteiger partial charge is 0.489 e. The molecule has 0 fully saturated rings. The van der Waals surface area contributed by atoms with Crippen LogP contribution in [-0.2, 0) is 0 Å². The molecule has 0 saturated heterocycles. The molecule has 0 spiro atoms. The molecule has 0 aromatic carbocycles. The Morgan fingerprint density at radius 1 is 1.50 bits per heavy atom. The number of thioether (sulfide) groups is 1. The van der Waals surface area contributed by atoms with E-state index in [0.29, 0.717) is 5.47 Å². The Morgan fingerprint density at radius 2 is 2.08 bits per heavy atom. The first-order chi connectivity index (χ1) is 5.67. The molecule has 66 valence electrons. The van der Waals surface area contributed by atoms with E-state index in [1.165, 1.54) is 11.8 Å². The van der Waals surface area contributed by atoms with E-state index in [4.69, 9.17) is 10.0 Å². The van der Waals surface area contributed by atoms with Gasteiger partial charge in [-0.1, -0.05) is 24.8 Å². The second-order valence-corrected chi connectivity index (χ2v) is 2.95. The maximum atomic E-state index is 8.96. The first-order valence-corrected chi connectivity index (χ1v) is 4.79. The van der Waals surface area contributed by atoms with Gasteiger partial charge < -0.3 is 10.0 Å². The lowest BCUT2D eigenvalue weighted by molar-refractivity contribution is 0.420. The van der Waals surface area contributed by atoms with Crippen molar-refractivity contribution >= 4 is 18.9 Å². The first-order valence-electron chi connectivity index (χ1n) is 3.56. The average Bonchev–Trinajstić information content (AvgIpc) is 2.05. The second kappa shape index (κ2) is 6.11. The van der Waals surface area contributed by atoms with Crippen molar-refractivity contribution in [3.8, 4) is 0 Å². The van der Waals surface area contributed by atoms with Crippen molar-refractivity contribution in [3.05, 3.63) is 35.2 Å². The Kier molecular flexibility index (Phi) is 5.89. The SMILES string of the molecule is C=C/C(SC)=C(\C=C/C)B(O)O. The molecule has 2 N–H and O–H groups in total. The van der Waals surface area contributed by atoms with Crippen molar-refractivity contribution in [1.29, 1.82) is 0 Å². The van der Waals surface area contributed by atoms with Gasteiger partial charge >= 0.3 is 7.12 Å². The van der Waals surface area contributed by atoms with Crippen molar-refractivity contribution in [2.45, 2.75) is 6.92 Å². The summed E-state index contributed by atoms with van der Waals surface area (Å²) >= 11 is 1.44. The van der Waals surface area contributed by atoms with Gasteiger partial charge in [0, 0.05) is 4.91 Å². The molecule has 0 radical (unpaired) electrons. The highest BCUT2D eigenvalue weighted by Crippen LogP contribution is 2.19. The quantitative estimate of drug-likeness (QED) is 0.512. The predicted octanol–water partition coefficient (Wildman–Crippen LogP) is 1.38. The summed E-state index contributed by atoms with van der Waals surface area (Å²) in [6, 6.07) is 0. The highest BCUT2D eigenvalue weighted by molar-refractivity contribution is 8.02. The Morgan fingerprint density at radius 3 is 2.33 bits per heavy atom. The minimum atomic E-state index is -1.43. The highest BCUT2D eigenvalue weighted by atomic mass is 32.2. The van der Waals surface area contributed by atoms with Crippen molar-refractivity contribution < 1.29 is 10.0 Å². The minimum Gasteiger partial charge on any atom is -0.423 e. The maximum absolute atomic E-state index is 8.96. The van der Waals surface area contributed by atoms with Gasteiger partial charge in [0.2, 0.25) is 0 Å². The summed E-state index contributed by atoms with van der Waals surface area (Å²) in [6.45, 7) is 5.41. The molecule has 0 amide bonds. The van der Waals surface area contributed by atoms with Crippen LogP contribution in [-0.4, -0.2) is 23.4 Å². The number of rotatable bonds is 4. The smallest absolute Gasteiger partial charge is 0.423 e. The molecule has 0 rings (SSSR count). The van der Waals surface area contributed by atoms with Gasteiger partial charge in [-0.2, -0.15) is 0 Å². The third-order valence-corrected chi connectivity index (χ3v) is 2.16. The third kappa shape index (κ3) is 3.30. The molecule has 2 nitrogen and oxygen atoms in total. The number of hydrogen-bond acceptors (Lipinski definition) is 3. The van der Waals surface area contributed by atoms with Crippen LogP contribution in [0, 0.1) is 0 Å². The summed E-state index contributed by atoms with van der Waals surface area (Å²) < 4.78 is 0. The molecule has 12 heavy (non-hydrogen) atoms. The summed E-state index contributed by atoms with van der Waals surface area (Å²) in [6.07, 6.45) is 6.90. The van der Waals surface area contributed by atoms with Gasteiger partial charge in [-0.25, -0.2) is 0 Å². The van der Waals surface area contributed by atoms with Gasteiger partial charge in [-0.15, -0.1) is 11.8 Å². The molecular weight excluding hydrogens is 171 g/mol. The Labute approximate surface area is 77.8 Å². The lowest BCUT2D eigenvalue weighted by Gasteiger charge is -2.04. The maximum Gasteiger partial charge on any atom is 0.489 e. The monoisotopic (exact) mass is 184 g/mol. The molecule has 0 saturated carbocycles. The fourth-order valence-electron chi connectivity index (χ4n) is 0.794. The van der Waals surface area contributed by atoms with Crippen molar-refractivity contribution in [2.24, 2.45) is 0 Å². The summed E-state index contributed by atoms with van der Waals surface area (Å²) in [5, 5.41) is 17.9. The molecule has 0 bridgehead atoms. The van der Waals surface area contributed by atoms with Crippen LogP contribution in [0.3, 0.4) is 0 Å². The molecule has 0 unspecified atom stereocenters. The molecule has 0 heterocycles. The van der Waals surface area contributed by atoms with Crippen molar-refractivity contribution in [3.63, 3.8) is 0 Å². The van der Waals surface area contributed by atoms with Crippen LogP contribution in [0.1, 0.15) is 6.92 Å². The lowest BCUT2D eigenvalue weighted by atomic mass is 9.78. The average molecular weight is 184 g/mol. The van der Waals surface area contributed by atoms with Crippen LogP contribution < -0.4 is 0 Å². The van der Waals surface area contributed by atoms with Gasteiger partial charge in [0.25, 0.3) is 0 Å². The van der Waals surface area contributed by atoms with Gasteiger partial charge in [-0.05, 0) is 18.7 Å². The molecular formula is C8H13BO2S. The highest BCUT2D eigenvalue weighted by Gasteiger charge is 2.14. The van der Waals surface area contributed by atoms with Crippen molar-refractivity contribution in [1.82, 2.24) is 0 Å². The van der Waals surface area contributed by atoms with Gasteiger partial charge in [0.1, 0.15) is 0 Å². The normalized spacial score (nSPS) is 13.0. The standard InChI is InChI=1S/C8H13BO2S/c1-4-6-7(9(10)11)8(5-2)12-3/h4-6,10-11H,2H2,1,3H3/b6-4-,8-7-. The second-order valence-electron chi connectivity index (χ2n) is 2.10. The topological polar surface area (TPSA) is 40.5 Å². The Hall–Kier alpha value is -0.445. The fourth-order valence-corrected chi connectivity index (χ4v) is 1.37. The van der Waals surface area contributed by atoms with E-state index in [0.717, 1.165) is 4.91 Å². The summed E-state index contributed by atoms with van der Waals surface area (Å²) in [5.41, 5.74) is 0.486. The Balaban J connectivity index is 4.88. The first kappa shape index (κ1) is 11.6. The van der Waals surface area contributed by atoms with E-state index in [-0.39, 0.29) is 0 Å². The van der Waals surface area contributed by atoms with Crippen LogP contribution >= 0.6 is 11.8 Å². The minimum absolute atomic E-state index is 0.486. The van der Waals surface area contributed by atoms with E-state index < -0.39 is 7.12 Å². The van der Waals surface area contributed by atoms with Crippen LogP contribution in [0.25, 0.3) is 0 Å². The lowest BCUT2D eigenvalue weighted by Crippen LogP contribution is -2.15. The van der Waals surface area contributed by atoms with Crippen LogP contribution in [0.15, 0.2) is 35.2 Å². The van der Waals surface area contributed by atoms with Crippen LogP contribution in [0.2, 0.25) is 0 Å². The van der Waals surface area contributed by atoms with E-state index in [1.807, 2.05) is 13.2 Å². The molecule has 0 atom stereocenters. The summed E-state index contributed by atoms with van der Waals surface area (Å²) in [4.78, 5) is 0.781.